The molecule has 1 aromatic carbocycles. The van der Waals surface area contributed by atoms with Crippen LogP contribution in [-0.2, 0) is 9.53 Å². The van der Waals surface area contributed by atoms with Crippen molar-refractivity contribution in [1.29, 1.82) is 0 Å². The summed E-state index contributed by atoms with van der Waals surface area (Å²) >= 11 is 0. The van der Waals surface area contributed by atoms with E-state index in [4.69, 9.17) is 9.84 Å². The smallest absolute Gasteiger partial charge is 0.305 e. The Morgan fingerprint density at radius 3 is 2.75 bits per heavy atom. The summed E-state index contributed by atoms with van der Waals surface area (Å²) in [6, 6.07) is 8.61. The third kappa shape index (κ3) is 4.30. The predicted octanol–water partition coefficient (Wildman–Crippen LogP) is 1.33. The molecule has 3 N–H and O–H groups in total. The fourth-order valence-electron chi connectivity index (χ4n) is 2.45. The number of carboxylic acids is 1. The molecule has 0 amide bonds. The minimum absolute atomic E-state index is 0.120. The first-order chi connectivity index (χ1) is 9.66. The highest BCUT2D eigenvalue weighted by molar-refractivity contribution is 5.67. The Balaban J connectivity index is 1.96. The van der Waals surface area contributed by atoms with Gasteiger partial charge in [-0.05, 0) is 18.4 Å². The lowest BCUT2D eigenvalue weighted by Gasteiger charge is -2.24. The molecule has 5 heteroatoms. The molecule has 3 atom stereocenters. The third-order valence-electron chi connectivity index (χ3n) is 3.55. The molecular weight excluding hydrogens is 258 g/mol. The summed E-state index contributed by atoms with van der Waals surface area (Å²) in [6.45, 7) is 1.33. The maximum Gasteiger partial charge on any atom is 0.305 e. The largest absolute Gasteiger partial charge is 0.481 e. The van der Waals surface area contributed by atoms with Gasteiger partial charge in [-0.1, -0.05) is 30.3 Å². The molecule has 0 radical (unpaired) electrons. The van der Waals surface area contributed by atoms with Crippen molar-refractivity contribution in [2.45, 2.75) is 37.5 Å². The molecule has 1 heterocycles. The lowest BCUT2D eigenvalue weighted by Crippen LogP contribution is -2.41. The Hall–Kier alpha value is -1.43. The van der Waals surface area contributed by atoms with Crippen molar-refractivity contribution >= 4 is 5.97 Å². The van der Waals surface area contributed by atoms with E-state index in [9.17, 15) is 9.90 Å². The number of benzene rings is 1. The Bertz CT molecular complexity index is 417. The summed E-state index contributed by atoms with van der Waals surface area (Å²) in [5.41, 5.74) is 0.721. The van der Waals surface area contributed by atoms with Crippen molar-refractivity contribution in [2.24, 2.45) is 0 Å². The van der Waals surface area contributed by atoms with E-state index in [0.29, 0.717) is 6.54 Å². The zero-order valence-corrected chi connectivity index (χ0v) is 11.4. The highest BCUT2D eigenvalue weighted by Crippen LogP contribution is 2.19. The number of nitrogens with one attached hydrogen (secondary N) is 1. The summed E-state index contributed by atoms with van der Waals surface area (Å²) in [5, 5.41) is 22.5. The van der Waals surface area contributed by atoms with Crippen LogP contribution in [0.15, 0.2) is 30.3 Å². The number of aliphatic carboxylic acids is 1. The average Bonchev–Trinajstić information content (AvgIpc) is 2.96. The monoisotopic (exact) mass is 279 g/mol. The number of rotatable bonds is 7. The van der Waals surface area contributed by atoms with E-state index in [1.54, 1.807) is 12.1 Å². The zero-order chi connectivity index (χ0) is 14.4. The van der Waals surface area contributed by atoms with Gasteiger partial charge in [-0.25, -0.2) is 0 Å². The lowest BCUT2D eigenvalue weighted by atomic mass is 9.99. The van der Waals surface area contributed by atoms with Crippen LogP contribution in [-0.4, -0.2) is 41.5 Å². The Labute approximate surface area is 118 Å². The summed E-state index contributed by atoms with van der Waals surface area (Å²) in [4.78, 5) is 11.0. The molecule has 2 rings (SSSR count). The van der Waals surface area contributed by atoms with Crippen molar-refractivity contribution in [3.05, 3.63) is 35.9 Å². The van der Waals surface area contributed by atoms with Gasteiger partial charge >= 0.3 is 5.97 Å². The minimum atomic E-state index is -0.926. The topological polar surface area (TPSA) is 78.8 Å². The van der Waals surface area contributed by atoms with Gasteiger partial charge in [-0.3, -0.25) is 4.79 Å². The molecule has 110 valence electrons. The number of aliphatic hydroxyl groups excluding tert-OH is 1. The van der Waals surface area contributed by atoms with Crippen molar-refractivity contribution in [2.75, 3.05) is 13.2 Å². The molecule has 1 aromatic rings. The van der Waals surface area contributed by atoms with Crippen LogP contribution in [0.3, 0.4) is 0 Å². The standard InChI is InChI=1S/C15H21NO4/c17-14(18)9-13(16-10-12-7-4-8-20-12)15(19)11-5-2-1-3-6-11/h1-3,5-6,12-13,15-16,19H,4,7-10H2,(H,17,18). The maximum atomic E-state index is 11.0. The maximum absolute atomic E-state index is 11.0. The van der Waals surface area contributed by atoms with E-state index < -0.39 is 18.1 Å². The molecule has 0 bridgehead atoms. The fraction of sp³-hybridized carbons (Fsp3) is 0.533. The van der Waals surface area contributed by atoms with E-state index in [1.807, 2.05) is 18.2 Å². The number of aliphatic hydroxyl groups is 1. The predicted molar refractivity (Wildman–Crippen MR) is 74.4 cm³/mol. The van der Waals surface area contributed by atoms with Crippen LogP contribution in [0.2, 0.25) is 0 Å². The van der Waals surface area contributed by atoms with Crippen LogP contribution in [0, 0.1) is 0 Å². The van der Waals surface area contributed by atoms with Gasteiger partial charge in [-0.2, -0.15) is 0 Å². The molecule has 0 aromatic heterocycles. The van der Waals surface area contributed by atoms with E-state index >= 15 is 0 Å². The van der Waals surface area contributed by atoms with Gasteiger partial charge < -0.3 is 20.3 Å². The molecule has 1 saturated heterocycles. The van der Waals surface area contributed by atoms with Crippen molar-refractivity contribution in [3.8, 4) is 0 Å². The van der Waals surface area contributed by atoms with Crippen LogP contribution in [0.4, 0.5) is 0 Å². The highest BCUT2D eigenvalue weighted by atomic mass is 16.5. The highest BCUT2D eigenvalue weighted by Gasteiger charge is 2.25. The Kier molecular flexibility index (Phi) is 5.52. The summed E-state index contributed by atoms with van der Waals surface area (Å²) in [5.74, 6) is -0.926. The van der Waals surface area contributed by atoms with E-state index in [-0.39, 0.29) is 12.5 Å². The minimum Gasteiger partial charge on any atom is -0.481 e. The van der Waals surface area contributed by atoms with E-state index in [1.165, 1.54) is 0 Å². The van der Waals surface area contributed by atoms with Gasteiger partial charge in [0.15, 0.2) is 0 Å². The molecule has 0 spiro atoms. The number of hydrogen-bond acceptors (Lipinski definition) is 4. The van der Waals surface area contributed by atoms with Gasteiger partial charge in [0.05, 0.1) is 18.6 Å². The van der Waals surface area contributed by atoms with Crippen molar-refractivity contribution < 1.29 is 19.7 Å². The van der Waals surface area contributed by atoms with Crippen LogP contribution in [0.1, 0.15) is 30.9 Å². The van der Waals surface area contributed by atoms with Gasteiger partial charge in [0.25, 0.3) is 0 Å². The number of ether oxygens (including phenoxy) is 1. The van der Waals surface area contributed by atoms with Gasteiger partial charge in [-0.15, -0.1) is 0 Å². The van der Waals surface area contributed by atoms with Gasteiger partial charge in [0.1, 0.15) is 0 Å². The first kappa shape index (κ1) is 15.0. The van der Waals surface area contributed by atoms with Crippen LogP contribution >= 0.6 is 0 Å². The van der Waals surface area contributed by atoms with Crippen LogP contribution in [0.25, 0.3) is 0 Å². The molecule has 3 unspecified atom stereocenters. The molecule has 1 aliphatic heterocycles. The van der Waals surface area contributed by atoms with Crippen LogP contribution in [0.5, 0.6) is 0 Å². The normalized spacial score (nSPS) is 21.6. The second-order valence-electron chi connectivity index (χ2n) is 5.10. The number of carboxylic acid groups (broad SMARTS) is 1. The summed E-state index contributed by atoms with van der Waals surface area (Å²) in [7, 11) is 0. The molecule has 0 aliphatic carbocycles. The van der Waals surface area contributed by atoms with Gasteiger partial charge in [0.2, 0.25) is 0 Å². The van der Waals surface area contributed by atoms with Crippen molar-refractivity contribution in [1.82, 2.24) is 5.32 Å². The van der Waals surface area contributed by atoms with Crippen LogP contribution < -0.4 is 5.32 Å². The zero-order valence-electron chi connectivity index (χ0n) is 11.4. The molecule has 1 aliphatic rings. The molecule has 20 heavy (non-hydrogen) atoms. The average molecular weight is 279 g/mol. The number of carbonyl (C=O) groups is 1. The number of hydrogen-bond donors (Lipinski definition) is 3. The van der Waals surface area contributed by atoms with Gasteiger partial charge in [0, 0.05) is 19.2 Å². The van der Waals surface area contributed by atoms with E-state index in [0.717, 1.165) is 25.0 Å². The second-order valence-corrected chi connectivity index (χ2v) is 5.10. The van der Waals surface area contributed by atoms with E-state index in [2.05, 4.69) is 5.32 Å². The summed E-state index contributed by atoms with van der Waals surface area (Å²) in [6.07, 6.45) is 1.18. The molecule has 1 fully saturated rings. The Morgan fingerprint density at radius 1 is 1.40 bits per heavy atom. The molecule has 0 saturated carbocycles. The first-order valence-corrected chi connectivity index (χ1v) is 6.96. The fourth-order valence-corrected chi connectivity index (χ4v) is 2.45. The Morgan fingerprint density at radius 2 is 2.15 bits per heavy atom. The summed E-state index contributed by atoms with van der Waals surface area (Å²) < 4.78 is 5.50. The molecular formula is C15H21NO4. The quantitative estimate of drug-likeness (QED) is 0.702. The first-order valence-electron chi connectivity index (χ1n) is 6.96. The van der Waals surface area contributed by atoms with Crippen molar-refractivity contribution in [3.63, 3.8) is 0 Å². The molecule has 5 nitrogen and oxygen atoms in total. The lowest BCUT2D eigenvalue weighted by molar-refractivity contribution is -0.138. The second kappa shape index (κ2) is 7.38. The third-order valence-corrected chi connectivity index (χ3v) is 3.55. The SMILES string of the molecule is O=C(O)CC(NCC1CCCO1)C(O)c1ccccc1.